The molecule has 0 aliphatic rings. The van der Waals surface area contributed by atoms with E-state index in [2.05, 4.69) is 0 Å². The molecule has 6 nitrogen and oxygen atoms in total. The molecule has 0 fully saturated rings. The Bertz CT molecular complexity index is 1940. The number of halogens is 3. The fourth-order valence-corrected chi connectivity index (χ4v) is 6.58. The maximum absolute atomic E-state index is 14.2. The molecule has 1 N–H and O–H groups in total. The summed E-state index contributed by atoms with van der Waals surface area (Å²) < 4.78 is 74.7. The standard InChI is InChI=1S/C34H30F3NO5S/c1-22-18-31(34(35,36)37)43-29(22)21-38(44(41,42)30-13-7-9-25-8-4-5-12-28(25)30)20-23-14-16-24(17-15-23)26-10-6-11-27(19-26)33(2,3)32(39)40/h4-19H,20-21H2,1-3H3,(H,39,40). The first kappa shape index (κ1) is 31.0. The molecule has 0 saturated carbocycles. The van der Waals surface area contributed by atoms with Crippen LogP contribution in [0.3, 0.4) is 0 Å². The second kappa shape index (κ2) is 11.6. The molecule has 0 atom stereocenters. The highest BCUT2D eigenvalue weighted by Crippen LogP contribution is 2.35. The van der Waals surface area contributed by atoms with Crippen molar-refractivity contribution >= 4 is 26.8 Å². The van der Waals surface area contributed by atoms with Gasteiger partial charge in [-0.05, 0) is 66.1 Å². The average Bonchev–Trinajstić information content (AvgIpc) is 3.37. The summed E-state index contributed by atoms with van der Waals surface area (Å²) in [4.78, 5) is 11.8. The molecule has 228 valence electrons. The minimum absolute atomic E-state index is 0.0327. The molecule has 0 unspecified atom stereocenters. The van der Waals surface area contributed by atoms with Gasteiger partial charge in [0.1, 0.15) is 5.76 Å². The Labute approximate surface area is 253 Å². The number of carbonyl (C=O) groups is 1. The van der Waals surface area contributed by atoms with E-state index in [9.17, 15) is 31.5 Å². The largest absolute Gasteiger partial charge is 0.481 e. The second-order valence-electron chi connectivity index (χ2n) is 11.2. The maximum atomic E-state index is 14.2. The fourth-order valence-electron chi connectivity index (χ4n) is 4.98. The summed E-state index contributed by atoms with van der Waals surface area (Å²) in [6, 6.07) is 27.0. The number of carboxylic acid groups (broad SMARTS) is 1. The quantitative estimate of drug-likeness (QED) is 0.179. The van der Waals surface area contributed by atoms with E-state index in [0.29, 0.717) is 21.9 Å². The summed E-state index contributed by atoms with van der Waals surface area (Å²) in [5.74, 6) is -2.24. The van der Waals surface area contributed by atoms with Gasteiger partial charge in [-0.1, -0.05) is 84.9 Å². The van der Waals surface area contributed by atoms with Gasteiger partial charge in [-0.15, -0.1) is 0 Å². The molecule has 0 aliphatic carbocycles. The number of aliphatic carboxylic acids is 1. The number of aryl methyl sites for hydroxylation is 1. The first-order valence-electron chi connectivity index (χ1n) is 13.8. The number of benzene rings is 4. The second-order valence-corrected chi connectivity index (χ2v) is 13.1. The smallest absolute Gasteiger partial charge is 0.449 e. The van der Waals surface area contributed by atoms with Gasteiger partial charge in [-0.25, -0.2) is 8.42 Å². The van der Waals surface area contributed by atoms with Crippen LogP contribution in [0.4, 0.5) is 13.2 Å². The van der Waals surface area contributed by atoms with E-state index in [4.69, 9.17) is 4.42 Å². The first-order chi connectivity index (χ1) is 20.7. The minimum Gasteiger partial charge on any atom is -0.481 e. The van der Waals surface area contributed by atoms with Gasteiger partial charge in [0.15, 0.2) is 0 Å². The number of furan rings is 1. The molecule has 10 heteroatoms. The van der Waals surface area contributed by atoms with Crippen LogP contribution < -0.4 is 0 Å². The molecule has 0 bridgehead atoms. The van der Waals surface area contributed by atoms with Crippen molar-refractivity contribution in [2.75, 3.05) is 0 Å². The van der Waals surface area contributed by atoms with Gasteiger partial charge in [0, 0.05) is 11.9 Å². The highest BCUT2D eigenvalue weighted by atomic mass is 32.2. The van der Waals surface area contributed by atoms with Crippen LogP contribution >= 0.6 is 0 Å². The Morgan fingerprint density at radius 1 is 0.841 bits per heavy atom. The van der Waals surface area contributed by atoms with E-state index < -0.39 is 39.9 Å². The average molecular weight is 622 g/mol. The molecule has 0 amide bonds. The summed E-state index contributed by atoms with van der Waals surface area (Å²) in [7, 11) is -4.22. The molecule has 5 aromatic rings. The lowest BCUT2D eigenvalue weighted by atomic mass is 9.83. The predicted octanol–water partition coefficient (Wildman–Crippen LogP) is 8.18. The number of hydrogen-bond acceptors (Lipinski definition) is 4. The van der Waals surface area contributed by atoms with Crippen LogP contribution in [0, 0.1) is 6.92 Å². The van der Waals surface area contributed by atoms with Crippen LogP contribution in [0.2, 0.25) is 0 Å². The van der Waals surface area contributed by atoms with Gasteiger partial charge in [-0.3, -0.25) is 4.79 Å². The van der Waals surface area contributed by atoms with Gasteiger partial charge < -0.3 is 9.52 Å². The number of fused-ring (bicyclic) bond motifs is 1. The number of carboxylic acids is 1. The zero-order valence-corrected chi connectivity index (χ0v) is 25.0. The van der Waals surface area contributed by atoms with Crippen molar-refractivity contribution in [1.29, 1.82) is 0 Å². The van der Waals surface area contributed by atoms with Crippen molar-refractivity contribution < 1.29 is 35.9 Å². The van der Waals surface area contributed by atoms with E-state index in [1.54, 1.807) is 92.7 Å². The SMILES string of the molecule is Cc1cc(C(F)(F)F)oc1CN(Cc1ccc(-c2cccc(C(C)(C)C(=O)O)c2)cc1)S(=O)(=O)c1cccc2ccccc12. The Morgan fingerprint density at radius 3 is 2.16 bits per heavy atom. The van der Waals surface area contributed by atoms with E-state index in [1.165, 1.54) is 13.0 Å². The topological polar surface area (TPSA) is 87.8 Å². The Balaban J connectivity index is 1.52. The Morgan fingerprint density at radius 2 is 1.50 bits per heavy atom. The molecule has 0 spiro atoms. The molecule has 4 aromatic carbocycles. The molecule has 44 heavy (non-hydrogen) atoms. The lowest BCUT2D eigenvalue weighted by molar-refractivity contribution is -0.153. The minimum atomic E-state index is -4.71. The number of sulfonamides is 1. The summed E-state index contributed by atoms with van der Waals surface area (Å²) in [5, 5.41) is 10.8. The van der Waals surface area contributed by atoms with Crippen molar-refractivity contribution in [1.82, 2.24) is 4.31 Å². The van der Waals surface area contributed by atoms with E-state index in [0.717, 1.165) is 21.5 Å². The van der Waals surface area contributed by atoms with Crippen molar-refractivity contribution in [3.63, 3.8) is 0 Å². The molecule has 0 radical (unpaired) electrons. The van der Waals surface area contributed by atoms with Gasteiger partial charge in [0.2, 0.25) is 15.8 Å². The summed E-state index contributed by atoms with van der Waals surface area (Å²) in [6.45, 7) is 4.15. The van der Waals surface area contributed by atoms with Crippen molar-refractivity contribution in [2.24, 2.45) is 0 Å². The Hall–Kier alpha value is -4.41. The van der Waals surface area contributed by atoms with Gasteiger partial charge >= 0.3 is 12.1 Å². The molecular weight excluding hydrogens is 591 g/mol. The van der Waals surface area contributed by atoms with E-state index >= 15 is 0 Å². The van der Waals surface area contributed by atoms with Crippen molar-refractivity contribution in [3.8, 4) is 11.1 Å². The summed E-state index contributed by atoms with van der Waals surface area (Å²) in [5.41, 5.74) is 1.90. The van der Waals surface area contributed by atoms with Crippen LogP contribution in [0.25, 0.3) is 21.9 Å². The first-order valence-corrected chi connectivity index (χ1v) is 15.2. The van der Waals surface area contributed by atoms with Crippen molar-refractivity contribution in [3.05, 3.63) is 125 Å². The molecular formula is C34H30F3NO5S. The van der Waals surface area contributed by atoms with Crippen molar-refractivity contribution in [2.45, 2.75) is 50.3 Å². The lowest BCUT2D eigenvalue weighted by Gasteiger charge is -2.23. The normalized spacial score (nSPS) is 12.6. The lowest BCUT2D eigenvalue weighted by Crippen LogP contribution is -2.30. The van der Waals surface area contributed by atoms with Crippen LogP contribution in [-0.4, -0.2) is 23.8 Å². The monoisotopic (exact) mass is 621 g/mol. The van der Waals surface area contributed by atoms with Crippen LogP contribution in [0.15, 0.2) is 106 Å². The van der Waals surface area contributed by atoms with Gasteiger partial charge in [-0.2, -0.15) is 17.5 Å². The van der Waals surface area contributed by atoms with Crippen LogP contribution in [-0.2, 0) is 39.5 Å². The zero-order valence-electron chi connectivity index (χ0n) is 24.2. The van der Waals surface area contributed by atoms with Gasteiger partial charge in [0.05, 0.1) is 16.9 Å². The van der Waals surface area contributed by atoms with E-state index in [-0.39, 0.29) is 22.8 Å². The third-order valence-corrected chi connectivity index (χ3v) is 9.60. The summed E-state index contributed by atoms with van der Waals surface area (Å²) >= 11 is 0. The Kier molecular flexibility index (Phi) is 8.17. The van der Waals surface area contributed by atoms with Gasteiger partial charge in [0.25, 0.3) is 0 Å². The molecule has 5 rings (SSSR count). The maximum Gasteiger partial charge on any atom is 0.449 e. The third-order valence-electron chi connectivity index (χ3n) is 7.75. The predicted molar refractivity (Wildman–Crippen MR) is 161 cm³/mol. The zero-order chi connectivity index (χ0) is 31.9. The molecule has 1 heterocycles. The summed E-state index contributed by atoms with van der Waals surface area (Å²) in [6.07, 6.45) is -4.71. The molecule has 0 saturated heterocycles. The molecule has 0 aliphatic heterocycles. The van der Waals surface area contributed by atoms with E-state index in [1.807, 2.05) is 6.07 Å². The number of hydrogen-bond donors (Lipinski definition) is 1. The highest BCUT2D eigenvalue weighted by Gasteiger charge is 2.37. The van der Waals surface area contributed by atoms with Crippen LogP contribution in [0.5, 0.6) is 0 Å². The highest BCUT2D eigenvalue weighted by molar-refractivity contribution is 7.89. The van der Waals surface area contributed by atoms with Crippen LogP contribution in [0.1, 0.15) is 42.1 Å². The number of nitrogens with zero attached hydrogens (tertiary/aromatic N) is 1. The number of rotatable bonds is 9. The molecule has 1 aromatic heterocycles. The third kappa shape index (κ3) is 6.13. The number of alkyl halides is 3. The fraction of sp³-hybridized carbons (Fsp3) is 0.206.